The third kappa shape index (κ3) is 3.25. The fraction of sp³-hybridized carbons (Fsp3) is 0.0476. The van der Waals surface area contributed by atoms with Gasteiger partial charge in [0.05, 0.1) is 18.4 Å². The van der Waals surface area contributed by atoms with E-state index >= 15 is 0 Å². The van der Waals surface area contributed by atoms with Gasteiger partial charge in [-0.05, 0) is 42.5 Å². The van der Waals surface area contributed by atoms with Crippen LogP contribution in [-0.2, 0) is 0 Å². The van der Waals surface area contributed by atoms with E-state index in [1.165, 1.54) is 19.4 Å². The van der Waals surface area contributed by atoms with Crippen LogP contribution >= 0.6 is 0 Å². The number of rotatable bonds is 4. The number of hydrogen-bond acceptors (Lipinski definition) is 5. The number of methoxy groups -OCH3 is 1. The monoisotopic (exact) mass is 362 g/mol. The summed E-state index contributed by atoms with van der Waals surface area (Å²) in [6.07, 6.45) is 1.54. The van der Waals surface area contributed by atoms with Crippen LogP contribution in [0.4, 0.5) is 10.1 Å². The molecule has 1 N–H and O–H groups in total. The van der Waals surface area contributed by atoms with Gasteiger partial charge in [-0.25, -0.2) is 9.37 Å². The zero-order valence-corrected chi connectivity index (χ0v) is 14.4. The van der Waals surface area contributed by atoms with Gasteiger partial charge in [0.2, 0.25) is 5.89 Å². The Morgan fingerprint density at radius 1 is 1.11 bits per heavy atom. The standard InChI is InChI=1S/C21H15FN2O3/c1-26-19-8-4-5-13(20(19)25)12-23-14-9-10-18-17(11-14)24-21(27-18)15-6-2-3-7-16(15)22/h2-12,25H,1H3. The van der Waals surface area contributed by atoms with Gasteiger partial charge >= 0.3 is 0 Å². The summed E-state index contributed by atoms with van der Waals surface area (Å²) in [4.78, 5) is 8.72. The van der Waals surface area contributed by atoms with Gasteiger partial charge in [0.25, 0.3) is 0 Å². The number of phenolic OH excluding ortho intramolecular Hbond substituents is 1. The van der Waals surface area contributed by atoms with E-state index in [4.69, 9.17) is 9.15 Å². The summed E-state index contributed by atoms with van der Waals surface area (Å²) in [6.45, 7) is 0. The number of nitrogens with zero attached hydrogens (tertiary/aromatic N) is 2. The predicted octanol–water partition coefficient (Wildman–Crippen LogP) is 5.10. The Balaban J connectivity index is 1.67. The second kappa shape index (κ2) is 6.92. The number of ether oxygens (including phenoxy) is 1. The van der Waals surface area contributed by atoms with Crippen molar-refractivity contribution in [2.45, 2.75) is 0 Å². The normalized spacial score (nSPS) is 11.3. The lowest BCUT2D eigenvalue weighted by Gasteiger charge is -2.04. The van der Waals surface area contributed by atoms with Crippen molar-refractivity contribution in [2.75, 3.05) is 7.11 Å². The van der Waals surface area contributed by atoms with Crippen molar-refractivity contribution in [3.8, 4) is 23.0 Å². The molecule has 0 saturated heterocycles. The molecular weight excluding hydrogens is 347 g/mol. The number of aromatic nitrogens is 1. The van der Waals surface area contributed by atoms with E-state index in [1.54, 1.807) is 54.6 Å². The maximum absolute atomic E-state index is 13.9. The molecule has 5 nitrogen and oxygen atoms in total. The van der Waals surface area contributed by atoms with E-state index in [2.05, 4.69) is 9.98 Å². The maximum atomic E-state index is 13.9. The molecule has 0 fully saturated rings. The van der Waals surface area contributed by atoms with Crippen molar-refractivity contribution in [1.29, 1.82) is 0 Å². The number of aromatic hydroxyl groups is 1. The number of benzene rings is 3. The third-order valence-corrected chi connectivity index (χ3v) is 4.08. The largest absolute Gasteiger partial charge is 0.504 e. The van der Waals surface area contributed by atoms with E-state index in [-0.39, 0.29) is 11.6 Å². The summed E-state index contributed by atoms with van der Waals surface area (Å²) in [5.41, 5.74) is 2.56. The van der Waals surface area contributed by atoms with Gasteiger partial charge in [-0.2, -0.15) is 0 Å². The molecule has 0 atom stereocenters. The van der Waals surface area contributed by atoms with Crippen LogP contribution in [-0.4, -0.2) is 23.4 Å². The maximum Gasteiger partial charge on any atom is 0.230 e. The molecule has 0 unspecified atom stereocenters. The molecule has 0 aliphatic rings. The second-order valence-corrected chi connectivity index (χ2v) is 5.81. The highest BCUT2D eigenvalue weighted by Gasteiger charge is 2.12. The van der Waals surface area contributed by atoms with Crippen molar-refractivity contribution in [2.24, 2.45) is 4.99 Å². The predicted molar refractivity (Wildman–Crippen MR) is 101 cm³/mol. The molecule has 6 heteroatoms. The summed E-state index contributed by atoms with van der Waals surface area (Å²) < 4.78 is 24.7. The second-order valence-electron chi connectivity index (χ2n) is 5.81. The first kappa shape index (κ1) is 16.8. The van der Waals surface area contributed by atoms with Crippen LogP contribution in [0.15, 0.2) is 70.1 Å². The minimum absolute atomic E-state index is 0.0214. The van der Waals surface area contributed by atoms with Crippen molar-refractivity contribution in [1.82, 2.24) is 4.98 Å². The van der Waals surface area contributed by atoms with Crippen LogP contribution in [0.5, 0.6) is 11.5 Å². The summed E-state index contributed by atoms with van der Waals surface area (Å²) in [5.74, 6) is 0.221. The number of fused-ring (bicyclic) bond motifs is 1. The van der Waals surface area contributed by atoms with Gasteiger partial charge in [0.1, 0.15) is 11.3 Å². The highest BCUT2D eigenvalue weighted by Crippen LogP contribution is 2.30. The minimum atomic E-state index is -0.393. The lowest BCUT2D eigenvalue weighted by atomic mass is 10.2. The summed E-state index contributed by atoms with van der Waals surface area (Å²) in [6, 6.07) is 16.7. The van der Waals surface area contributed by atoms with Crippen LogP contribution in [0, 0.1) is 5.82 Å². The van der Waals surface area contributed by atoms with Gasteiger partial charge in [-0.3, -0.25) is 4.99 Å². The van der Waals surface area contributed by atoms with Crippen molar-refractivity contribution in [3.05, 3.63) is 72.0 Å². The molecule has 4 rings (SSSR count). The van der Waals surface area contributed by atoms with Gasteiger partial charge in [0, 0.05) is 11.8 Å². The lowest BCUT2D eigenvalue weighted by Crippen LogP contribution is -1.88. The highest BCUT2D eigenvalue weighted by atomic mass is 19.1. The Morgan fingerprint density at radius 3 is 2.78 bits per heavy atom. The quantitative estimate of drug-likeness (QED) is 0.513. The molecule has 0 aliphatic carbocycles. The average Bonchev–Trinajstić information content (AvgIpc) is 3.10. The smallest absolute Gasteiger partial charge is 0.230 e. The molecule has 134 valence electrons. The summed E-state index contributed by atoms with van der Waals surface area (Å²) in [7, 11) is 1.49. The topological polar surface area (TPSA) is 67.9 Å². The molecule has 3 aromatic carbocycles. The molecule has 0 bridgehead atoms. The minimum Gasteiger partial charge on any atom is -0.504 e. The number of hydrogen-bond donors (Lipinski definition) is 1. The number of aliphatic imine (C=N–C) groups is 1. The molecule has 4 aromatic rings. The van der Waals surface area contributed by atoms with Gasteiger partial charge in [0.15, 0.2) is 17.1 Å². The van der Waals surface area contributed by atoms with Crippen molar-refractivity contribution >= 4 is 23.0 Å². The fourth-order valence-corrected chi connectivity index (χ4v) is 2.70. The summed E-state index contributed by atoms with van der Waals surface area (Å²) >= 11 is 0. The van der Waals surface area contributed by atoms with Gasteiger partial charge in [-0.1, -0.05) is 18.2 Å². The SMILES string of the molecule is COc1cccc(C=Nc2ccc3oc(-c4ccccc4F)nc3c2)c1O. The first-order valence-electron chi connectivity index (χ1n) is 8.21. The number of halogens is 1. The molecule has 0 saturated carbocycles. The van der Waals surface area contributed by atoms with Crippen LogP contribution < -0.4 is 4.74 Å². The Kier molecular flexibility index (Phi) is 4.30. The van der Waals surface area contributed by atoms with E-state index in [1.807, 2.05) is 0 Å². The highest BCUT2D eigenvalue weighted by molar-refractivity contribution is 5.88. The van der Waals surface area contributed by atoms with Crippen LogP contribution in [0.3, 0.4) is 0 Å². The first-order chi connectivity index (χ1) is 13.2. The molecule has 1 aromatic heterocycles. The zero-order valence-electron chi connectivity index (χ0n) is 14.4. The lowest BCUT2D eigenvalue weighted by molar-refractivity contribution is 0.373. The molecule has 0 amide bonds. The Bertz CT molecular complexity index is 1150. The summed E-state index contributed by atoms with van der Waals surface area (Å²) in [5, 5.41) is 10.1. The van der Waals surface area contributed by atoms with E-state index in [0.29, 0.717) is 33.7 Å². The van der Waals surface area contributed by atoms with Crippen molar-refractivity contribution in [3.63, 3.8) is 0 Å². The molecule has 0 radical (unpaired) electrons. The molecular formula is C21H15FN2O3. The Hall–Kier alpha value is -3.67. The van der Waals surface area contributed by atoms with Gasteiger partial charge < -0.3 is 14.3 Å². The molecule has 0 aliphatic heterocycles. The van der Waals surface area contributed by atoms with Crippen LogP contribution in [0.1, 0.15) is 5.56 Å². The number of phenols is 1. The third-order valence-electron chi connectivity index (χ3n) is 4.08. The van der Waals surface area contributed by atoms with Crippen LogP contribution in [0.2, 0.25) is 0 Å². The average molecular weight is 362 g/mol. The molecule has 1 heterocycles. The Labute approximate surface area is 154 Å². The van der Waals surface area contributed by atoms with Crippen molar-refractivity contribution < 1.29 is 18.7 Å². The molecule has 27 heavy (non-hydrogen) atoms. The van der Waals surface area contributed by atoms with Crippen LogP contribution in [0.25, 0.3) is 22.6 Å². The van der Waals surface area contributed by atoms with E-state index in [0.717, 1.165) is 0 Å². The number of para-hydroxylation sites is 1. The zero-order chi connectivity index (χ0) is 18.8. The van der Waals surface area contributed by atoms with Gasteiger partial charge in [-0.15, -0.1) is 0 Å². The fourth-order valence-electron chi connectivity index (χ4n) is 2.70. The number of oxazole rings is 1. The first-order valence-corrected chi connectivity index (χ1v) is 8.21. The van der Waals surface area contributed by atoms with E-state index < -0.39 is 5.82 Å². The molecule has 0 spiro atoms. The Morgan fingerprint density at radius 2 is 1.96 bits per heavy atom. The van der Waals surface area contributed by atoms with E-state index in [9.17, 15) is 9.50 Å².